The molecule has 0 atom stereocenters. The maximum absolute atomic E-state index is 12.4. The minimum Gasteiger partial charge on any atom is -0.506 e. The van der Waals surface area contributed by atoms with Gasteiger partial charge in [-0.25, -0.2) is 0 Å². The Morgan fingerprint density at radius 2 is 1.80 bits per heavy atom. The van der Waals surface area contributed by atoms with Crippen LogP contribution in [0, 0.1) is 6.92 Å². The number of benzene rings is 2. The molecule has 0 saturated heterocycles. The number of anilines is 1. The fourth-order valence-corrected chi connectivity index (χ4v) is 2.33. The largest absolute Gasteiger partial charge is 0.506 e. The van der Waals surface area contributed by atoms with Gasteiger partial charge < -0.3 is 15.4 Å². The van der Waals surface area contributed by atoms with Crippen molar-refractivity contribution >= 4 is 22.5 Å². The number of H-pyrrole nitrogens is 1. The first-order chi connectivity index (χ1) is 9.66. The number of carbonyl (C=O) groups excluding carboxylic acids is 1. The Kier molecular flexibility index (Phi) is 2.91. The molecule has 3 aromatic rings. The van der Waals surface area contributed by atoms with Crippen LogP contribution in [0.5, 0.6) is 5.75 Å². The number of para-hydroxylation sites is 3. The Labute approximate surface area is 116 Å². The van der Waals surface area contributed by atoms with Crippen molar-refractivity contribution in [1.82, 2.24) is 4.98 Å². The predicted molar refractivity (Wildman–Crippen MR) is 79.1 cm³/mol. The predicted octanol–water partition coefficient (Wildman–Crippen LogP) is 3.43. The van der Waals surface area contributed by atoms with Gasteiger partial charge >= 0.3 is 0 Å². The Morgan fingerprint density at radius 3 is 2.60 bits per heavy atom. The zero-order valence-corrected chi connectivity index (χ0v) is 11.0. The molecule has 3 rings (SSSR count). The van der Waals surface area contributed by atoms with Gasteiger partial charge in [-0.15, -0.1) is 0 Å². The molecular formula is C16H14N2O2. The average molecular weight is 266 g/mol. The molecule has 2 aromatic carbocycles. The van der Waals surface area contributed by atoms with Crippen molar-refractivity contribution in [2.24, 2.45) is 0 Å². The molecule has 0 unspecified atom stereocenters. The van der Waals surface area contributed by atoms with E-state index in [2.05, 4.69) is 10.3 Å². The van der Waals surface area contributed by atoms with Gasteiger partial charge in [0, 0.05) is 16.6 Å². The van der Waals surface area contributed by atoms with Crippen LogP contribution in [0.25, 0.3) is 10.9 Å². The molecule has 0 aliphatic carbocycles. The van der Waals surface area contributed by atoms with E-state index in [9.17, 15) is 9.90 Å². The lowest BCUT2D eigenvalue weighted by Crippen LogP contribution is -2.12. The molecular weight excluding hydrogens is 252 g/mol. The number of aromatic amines is 1. The van der Waals surface area contributed by atoms with Gasteiger partial charge in [-0.05, 0) is 25.1 Å². The van der Waals surface area contributed by atoms with Gasteiger partial charge in [-0.3, -0.25) is 4.79 Å². The van der Waals surface area contributed by atoms with Gasteiger partial charge in [0.05, 0.1) is 11.3 Å². The lowest BCUT2D eigenvalue weighted by Gasteiger charge is -2.07. The molecule has 20 heavy (non-hydrogen) atoms. The van der Waals surface area contributed by atoms with Crippen LogP contribution in [0.4, 0.5) is 5.69 Å². The third-order valence-electron chi connectivity index (χ3n) is 3.27. The molecule has 4 heteroatoms. The van der Waals surface area contributed by atoms with Crippen LogP contribution in [-0.2, 0) is 0 Å². The minimum absolute atomic E-state index is 0.0540. The number of hydrogen-bond donors (Lipinski definition) is 3. The fraction of sp³-hybridized carbons (Fsp3) is 0.0625. The number of hydrogen-bond acceptors (Lipinski definition) is 2. The van der Waals surface area contributed by atoms with Crippen LogP contribution in [-0.4, -0.2) is 16.0 Å². The summed E-state index contributed by atoms with van der Waals surface area (Å²) in [5, 5.41) is 13.3. The van der Waals surface area contributed by atoms with Gasteiger partial charge in [0.1, 0.15) is 5.75 Å². The van der Waals surface area contributed by atoms with Gasteiger partial charge in [-0.1, -0.05) is 30.3 Å². The van der Waals surface area contributed by atoms with E-state index in [4.69, 9.17) is 0 Å². The van der Waals surface area contributed by atoms with Crippen molar-refractivity contribution in [1.29, 1.82) is 0 Å². The molecule has 0 aliphatic rings. The third kappa shape index (κ3) is 2.01. The van der Waals surface area contributed by atoms with E-state index in [1.54, 1.807) is 18.2 Å². The molecule has 0 spiro atoms. The zero-order valence-electron chi connectivity index (χ0n) is 11.0. The van der Waals surface area contributed by atoms with Crippen molar-refractivity contribution in [2.45, 2.75) is 6.92 Å². The molecule has 100 valence electrons. The quantitative estimate of drug-likeness (QED) is 0.622. The number of phenolic OH excluding ortho intramolecular Hbond substituents is 1. The molecule has 4 nitrogen and oxygen atoms in total. The second kappa shape index (κ2) is 4.74. The Hall–Kier alpha value is -2.75. The second-order valence-corrected chi connectivity index (χ2v) is 4.64. The summed E-state index contributed by atoms with van der Waals surface area (Å²) in [6, 6.07) is 14.3. The summed E-state index contributed by atoms with van der Waals surface area (Å²) >= 11 is 0. The van der Waals surface area contributed by atoms with E-state index in [0.717, 1.165) is 16.6 Å². The number of aryl methyl sites for hydroxylation is 1. The summed E-state index contributed by atoms with van der Waals surface area (Å²) in [4.78, 5) is 15.6. The van der Waals surface area contributed by atoms with Gasteiger partial charge in [-0.2, -0.15) is 0 Å². The molecule has 0 radical (unpaired) electrons. The van der Waals surface area contributed by atoms with E-state index < -0.39 is 0 Å². The van der Waals surface area contributed by atoms with Crippen LogP contribution in [0.2, 0.25) is 0 Å². The van der Waals surface area contributed by atoms with Gasteiger partial charge in [0.25, 0.3) is 5.91 Å². The van der Waals surface area contributed by atoms with Gasteiger partial charge in [0.2, 0.25) is 0 Å². The van der Waals surface area contributed by atoms with Crippen LogP contribution in [0.1, 0.15) is 16.1 Å². The summed E-state index contributed by atoms with van der Waals surface area (Å²) in [6.07, 6.45) is 0. The number of fused-ring (bicyclic) bond motifs is 1. The summed E-state index contributed by atoms with van der Waals surface area (Å²) in [7, 11) is 0. The molecule has 1 amide bonds. The number of amides is 1. The van der Waals surface area contributed by atoms with Crippen molar-refractivity contribution in [3.8, 4) is 5.75 Å². The van der Waals surface area contributed by atoms with Crippen LogP contribution < -0.4 is 5.32 Å². The monoisotopic (exact) mass is 266 g/mol. The number of aromatic hydroxyl groups is 1. The highest BCUT2D eigenvalue weighted by molar-refractivity contribution is 6.14. The Bertz CT molecular complexity index is 790. The first kappa shape index (κ1) is 12.3. The molecule has 1 heterocycles. The first-order valence-electron chi connectivity index (χ1n) is 6.33. The Morgan fingerprint density at radius 1 is 1.10 bits per heavy atom. The van der Waals surface area contributed by atoms with Crippen molar-refractivity contribution in [3.05, 3.63) is 59.8 Å². The molecule has 1 aromatic heterocycles. The number of carbonyl (C=O) groups is 1. The maximum atomic E-state index is 12.4. The van der Waals surface area contributed by atoms with Gasteiger partial charge in [0.15, 0.2) is 0 Å². The smallest absolute Gasteiger partial charge is 0.258 e. The van der Waals surface area contributed by atoms with Crippen molar-refractivity contribution in [3.63, 3.8) is 0 Å². The summed E-state index contributed by atoms with van der Waals surface area (Å²) in [5.74, 6) is -0.181. The average Bonchev–Trinajstić information content (AvgIpc) is 2.77. The minimum atomic E-state index is -0.235. The highest BCUT2D eigenvalue weighted by Crippen LogP contribution is 2.26. The summed E-state index contributed by atoms with van der Waals surface area (Å²) in [5.41, 5.74) is 2.73. The maximum Gasteiger partial charge on any atom is 0.258 e. The first-order valence-corrected chi connectivity index (χ1v) is 6.33. The van der Waals surface area contributed by atoms with Crippen molar-refractivity contribution < 1.29 is 9.90 Å². The van der Waals surface area contributed by atoms with Crippen molar-refractivity contribution in [2.75, 3.05) is 5.32 Å². The number of aromatic nitrogens is 1. The summed E-state index contributed by atoms with van der Waals surface area (Å²) < 4.78 is 0. The zero-order chi connectivity index (χ0) is 14.1. The Balaban J connectivity index is 2.01. The number of phenols is 1. The van der Waals surface area contributed by atoms with E-state index in [1.165, 1.54) is 6.07 Å². The fourth-order valence-electron chi connectivity index (χ4n) is 2.33. The van der Waals surface area contributed by atoms with E-state index >= 15 is 0 Å². The molecule has 0 aliphatic heterocycles. The highest BCUT2D eigenvalue weighted by atomic mass is 16.3. The highest BCUT2D eigenvalue weighted by Gasteiger charge is 2.16. The number of rotatable bonds is 2. The van der Waals surface area contributed by atoms with E-state index in [-0.39, 0.29) is 11.7 Å². The number of nitrogens with one attached hydrogen (secondary N) is 2. The standard InChI is InChI=1S/C16H14N2O2/c1-10-15(11-6-2-3-7-12(11)17-10)16(20)18-13-8-4-5-9-14(13)19/h2-9,17,19H,1H3,(H,18,20). The van der Waals surface area contributed by atoms with Crippen LogP contribution >= 0.6 is 0 Å². The molecule has 0 fully saturated rings. The van der Waals surface area contributed by atoms with Crippen LogP contribution in [0.15, 0.2) is 48.5 Å². The summed E-state index contributed by atoms with van der Waals surface area (Å²) in [6.45, 7) is 1.86. The third-order valence-corrected chi connectivity index (χ3v) is 3.27. The van der Waals surface area contributed by atoms with E-state index in [1.807, 2.05) is 31.2 Å². The SMILES string of the molecule is Cc1[nH]c2ccccc2c1C(=O)Nc1ccccc1O. The lowest BCUT2D eigenvalue weighted by atomic mass is 10.1. The molecule has 0 saturated carbocycles. The van der Waals surface area contributed by atoms with E-state index in [0.29, 0.717) is 11.3 Å². The molecule has 3 N–H and O–H groups in total. The topological polar surface area (TPSA) is 65.1 Å². The van der Waals surface area contributed by atoms with Crippen LogP contribution in [0.3, 0.4) is 0 Å². The lowest BCUT2D eigenvalue weighted by molar-refractivity contribution is 0.102. The molecule has 0 bridgehead atoms. The normalized spacial score (nSPS) is 10.7. The second-order valence-electron chi connectivity index (χ2n) is 4.64.